The molecule has 0 saturated heterocycles. The Morgan fingerprint density at radius 2 is 2.07 bits per heavy atom. The number of carbonyl (C=O) groups excluding carboxylic acids is 2. The molecule has 8 nitrogen and oxygen atoms in total. The Morgan fingerprint density at radius 3 is 2.81 bits per heavy atom. The molecule has 0 saturated carbocycles. The monoisotopic (exact) mass is 405 g/mol. The van der Waals surface area contributed by atoms with Crippen LogP contribution in [0.4, 0.5) is 5.13 Å². The van der Waals surface area contributed by atoms with E-state index >= 15 is 0 Å². The number of thiophene rings is 1. The predicted octanol–water partition coefficient (Wildman–Crippen LogP) is 2.37. The van der Waals surface area contributed by atoms with Gasteiger partial charge in [0.15, 0.2) is 11.0 Å². The lowest BCUT2D eigenvalue weighted by atomic mass is 10.3. The Balaban J connectivity index is 1.36. The van der Waals surface area contributed by atoms with E-state index in [1.807, 2.05) is 17.5 Å². The second kappa shape index (κ2) is 9.38. The molecule has 3 heterocycles. The van der Waals surface area contributed by atoms with E-state index in [4.69, 9.17) is 4.52 Å². The molecule has 0 aliphatic heterocycles. The number of aromatic nitrogens is 3. The maximum atomic E-state index is 12.0. The number of anilines is 1. The molecule has 0 atom stereocenters. The Labute approximate surface area is 164 Å². The Hall–Kier alpha value is -2.59. The molecular formula is C17H19N5O3S2. The molecule has 0 aromatic carbocycles. The van der Waals surface area contributed by atoms with Crippen LogP contribution in [0.15, 0.2) is 27.4 Å². The van der Waals surface area contributed by atoms with Crippen molar-refractivity contribution >= 4 is 39.6 Å². The van der Waals surface area contributed by atoms with E-state index in [1.165, 1.54) is 11.3 Å². The van der Waals surface area contributed by atoms with Gasteiger partial charge in [0.1, 0.15) is 0 Å². The van der Waals surface area contributed by atoms with Crippen molar-refractivity contribution in [2.24, 2.45) is 0 Å². The highest BCUT2D eigenvalue weighted by Gasteiger charge is 2.11. The second-order valence-electron chi connectivity index (χ2n) is 5.81. The smallest absolute Gasteiger partial charge is 0.231 e. The molecule has 0 aliphatic carbocycles. The van der Waals surface area contributed by atoms with E-state index in [0.717, 1.165) is 4.88 Å². The van der Waals surface area contributed by atoms with Crippen LogP contribution in [0.25, 0.3) is 0 Å². The highest BCUT2D eigenvalue weighted by Crippen LogP contribution is 2.17. The number of amides is 2. The van der Waals surface area contributed by atoms with Crippen LogP contribution >= 0.6 is 22.7 Å². The number of carbonyl (C=O) groups is 2. The molecule has 0 unspecified atom stereocenters. The van der Waals surface area contributed by atoms with Crippen LogP contribution in [0.5, 0.6) is 0 Å². The lowest BCUT2D eigenvalue weighted by molar-refractivity contribution is -0.120. The van der Waals surface area contributed by atoms with Crippen LogP contribution in [0, 0.1) is 6.92 Å². The lowest BCUT2D eigenvalue weighted by Crippen LogP contribution is -2.26. The Bertz CT molecular complexity index is 888. The van der Waals surface area contributed by atoms with Gasteiger partial charge in [-0.1, -0.05) is 11.2 Å². The summed E-state index contributed by atoms with van der Waals surface area (Å²) in [5.41, 5.74) is 0.636. The molecule has 0 fully saturated rings. The van der Waals surface area contributed by atoms with Gasteiger partial charge in [-0.2, -0.15) is 4.98 Å². The predicted molar refractivity (Wildman–Crippen MR) is 103 cm³/mol. The number of hydrogen-bond donors (Lipinski definition) is 2. The third-order valence-corrected chi connectivity index (χ3v) is 5.20. The summed E-state index contributed by atoms with van der Waals surface area (Å²) in [4.78, 5) is 33.4. The Kier molecular flexibility index (Phi) is 6.66. The van der Waals surface area contributed by atoms with Crippen LogP contribution in [0.2, 0.25) is 0 Å². The van der Waals surface area contributed by atoms with Gasteiger partial charge in [-0.25, -0.2) is 4.98 Å². The number of nitrogens with zero attached hydrogens (tertiary/aromatic N) is 3. The molecule has 3 rings (SSSR count). The van der Waals surface area contributed by atoms with Gasteiger partial charge in [0.05, 0.1) is 18.5 Å². The summed E-state index contributed by atoms with van der Waals surface area (Å²) in [6.07, 6.45) is 1.84. The van der Waals surface area contributed by atoms with Crippen LogP contribution in [-0.2, 0) is 28.9 Å². The number of nitrogens with one attached hydrogen (secondary N) is 2. The van der Waals surface area contributed by atoms with E-state index in [0.29, 0.717) is 48.3 Å². The molecule has 3 aromatic rings. The van der Waals surface area contributed by atoms with Crippen LogP contribution in [0.3, 0.4) is 0 Å². The first-order chi connectivity index (χ1) is 13.1. The molecule has 0 radical (unpaired) electrons. The van der Waals surface area contributed by atoms with E-state index in [1.54, 1.807) is 23.6 Å². The first-order valence-corrected chi connectivity index (χ1v) is 10.2. The third-order valence-electron chi connectivity index (χ3n) is 3.51. The van der Waals surface area contributed by atoms with E-state index in [9.17, 15) is 9.59 Å². The molecule has 0 bridgehead atoms. The van der Waals surface area contributed by atoms with Crippen molar-refractivity contribution in [1.29, 1.82) is 0 Å². The minimum Gasteiger partial charge on any atom is -0.356 e. The van der Waals surface area contributed by atoms with Crippen molar-refractivity contribution < 1.29 is 14.1 Å². The van der Waals surface area contributed by atoms with Gasteiger partial charge >= 0.3 is 0 Å². The zero-order chi connectivity index (χ0) is 19.1. The minimum absolute atomic E-state index is 0.112. The molecule has 3 aromatic heterocycles. The third kappa shape index (κ3) is 6.26. The van der Waals surface area contributed by atoms with Gasteiger partial charge < -0.3 is 15.2 Å². The van der Waals surface area contributed by atoms with Gasteiger partial charge in [0.2, 0.25) is 17.7 Å². The quantitative estimate of drug-likeness (QED) is 0.529. The van der Waals surface area contributed by atoms with Crippen molar-refractivity contribution in [2.75, 3.05) is 11.9 Å². The van der Waals surface area contributed by atoms with Gasteiger partial charge in [0.25, 0.3) is 0 Å². The average Bonchev–Trinajstić information content (AvgIpc) is 3.36. The molecule has 10 heteroatoms. The zero-order valence-electron chi connectivity index (χ0n) is 14.7. The van der Waals surface area contributed by atoms with Gasteiger partial charge in [-0.15, -0.1) is 22.7 Å². The maximum Gasteiger partial charge on any atom is 0.231 e. The Morgan fingerprint density at radius 1 is 1.19 bits per heavy atom. The van der Waals surface area contributed by atoms with E-state index in [-0.39, 0.29) is 18.2 Å². The van der Waals surface area contributed by atoms with Crippen molar-refractivity contribution in [1.82, 2.24) is 20.4 Å². The largest absolute Gasteiger partial charge is 0.356 e. The van der Waals surface area contributed by atoms with Crippen LogP contribution in [0.1, 0.15) is 28.7 Å². The van der Waals surface area contributed by atoms with Crippen molar-refractivity contribution in [3.8, 4) is 0 Å². The number of aryl methyl sites for hydroxylation is 2. The summed E-state index contributed by atoms with van der Waals surface area (Å²) in [6.45, 7) is 2.29. The lowest BCUT2D eigenvalue weighted by Gasteiger charge is -2.02. The normalized spacial score (nSPS) is 10.7. The standard InChI is InChI=1S/C17H19N5O3S2/c1-11-19-16(25-22-11)5-2-6-18-14(23)8-12-10-27-17(20-12)21-15(24)9-13-4-3-7-26-13/h3-4,7,10H,2,5-6,8-9H2,1H3,(H,18,23)(H,20,21,24). The maximum absolute atomic E-state index is 12.0. The average molecular weight is 406 g/mol. The molecule has 0 spiro atoms. The molecule has 27 heavy (non-hydrogen) atoms. The summed E-state index contributed by atoms with van der Waals surface area (Å²) in [6, 6.07) is 3.83. The molecular weight excluding hydrogens is 386 g/mol. The summed E-state index contributed by atoms with van der Waals surface area (Å²) in [7, 11) is 0. The molecule has 2 amide bonds. The van der Waals surface area contributed by atoms with Crippen molar-refractivity contribution in [3.63, 3.8) is 0 Å². The second-order valence-corrected chi connectivity index (χ2v) is 7.70. The van der Waals surface area contributed by atoms with Gasteiger partial charge in [0, 0.05) is 23.2 Å². The molecule has 142 valence electrons. The summed E-state index contributed by atoms with van der Waals surface area (Å²) < 4.78 is 5.02. The fourth-order valence-electron chi connectivity index (χ4n) is 2.32. The fourth-order valence-corrected chi connectivity index (χ4v) is 3.75. The van der Waals surface area contributed by atoms with Gasteiger partial charge in [-0.3, -0.25) is 9.59 Å². The van der Waals surface area contributed by atoms with E-state index < -0.39 is 0 Å². The summed E-state index contributed by atoms with van der Waals surface area (Å²) >= 11 is 2.85. The SMILES string of the molecule is Cc1noc(CCCNC(=O)Cc2csc(NC(=O)Cc3cccs3)n2)n1. The fraction of sp³-hybridized carbons (Fsp3) is 0.353. The highest BCUT2D eigenvalue weighted by atomic mass is 32.1. The molecule has 2 N–H and O–H groups in total. The van der Waals surface area contributed by atoms with Crippen molar-refractivity contribution in [2.45, 2.75) is 32.6 Å². The summed E-state index contributed by atoms with van der Waals surface area (Å²) in [5, 5.41) is 13.5. The zero-order valence-corrected chi connectivity index (χ0v) is 16.4. The topological polar surface area (TPSA) is 110 Å². The number of hydrogen-bond acceptors (Lipinski definition) is 8. The minimum atomic E-state index is -0.113. The van der Waals surface area contributed by atoms with Gasteiger partial charge in [-0.05, 0) is 24.8 Å². The van der Waals surface area contributed by atoms with Crippen LogP contribution in [-0.4, -0.2) is 33.5 Å². The number of rotatable bonds is 9. The van der Waals surface area contributed by atoms with Crippen LogP contribution < -0.4 is 10.6 Å². The first kappa shape index (κ1) is 19.2. The number of thiazole rings is 1. The molecule has 0 aliphatic rings. The summed E-state index contributed by atoms with van der Waals surface area (Å²) in [5.74, 6) is 0.956. The highest BCUT2D eigenvalue weighted by molar-refractivity contribution is 7.14. The first-order valence-electron chi connectivity index (χ1n) is 8.41. The van der Waals surface area contributed by atoms with E-state index in [2.05, 4.69) is 25.8 Å². The van der Waals surface area contributed by atoms with Crippen molar-refractivity contribution in [3.05, 3.63) is 45.2 Å².